The molecule has 9 nitrogen and oxygen atoms in total. The van der Waals surface area contributed by atoms with Crippen LogP contribution in [0.15, 0.2) is 24.3 Å². The number of esters is 1. The summed E-state index contributed by atoms with van der Waals surface area (Å²) in [5, 5.41) is 28.7. The molecule has 0 saturated heterocycles. The molecule has 0 spiro atoms. The zero-order chi connectivity index (χ0) is 23.8. The standard InChI is InChI=1S/C23H34N2O7/c1-4-25(11-12-26)18-9-7-17(8-10-18)14-20(27)21(28)24(3)19(13-16-5-6-16)23(31)32-15(2)22(29)30/h7-10,15-16,19-20,26-27H,4-6,11-14H2,1-3H3,(H,29,30)/t15-,19+,20-/m1/s1. The van der Waals surface area contributed by atoms with Crippen molar-refractivity contribution in [1.82, 2.24) is 4.90 Å². The molecule has 3 N–H and O–H groups in total. The summed E-state index contributed by atoms with van der Waals surface area (Å²) in [5.74, 6) is -2.37. The maximum Gasteiger partial charge on any atom is 0.344 e. The number of carbonyl (C=O) groups excluding carboxylic acids is 2. The zero-order valence-corrected chi connectivity index (χ0v) is 18.9. The topological polar surface area (TPSA) is 128 Å². The number of carboxylic acid groups (broad SMARTS) is 1. The van der Waals surface area contributed by atoms with Gasteiger partial charge < -0.3 is 29.9 Å². The van der Waals surface area contributed by atoms with Crippen molar-refractivity contribution in [1.29, 1.82) is 0 Å². The molecule has 178 valence electrons. The Bertz CT molecular complexity index is 779. The second kappa shape index (κ2) is 11.8. The molecule has 2 rings (SSSR count). The molecule has 3 atom stereocenters. The van der Waals surface area contributed by atoms with Crippen LogP contribution in [0.5, 0.6) is 0 Å². The van der Waals surface area contributed by atoms with E-state index in [1.165, 1.54) is 18.9 Å². The van der Waals surface area contributed by atoms with Gasteiger partial charge in [0.15, 0.2) is 6.10 Å². The zero-order valence-electron chi connectivity index (χ0n) is 18.9. The molecule has 0 aromatic heterocycles. The first-order valence-electron chi connectivity index (χ1n) is 11.0. The maximum absolute atomic E-state index is 12.8. The maximum atomic E-state index is 12.8. The Hall–Kier alpha value is -2.65. The third kappa shape index (κ3) is 7.20. The number of nitrogens with zero attached hydrogens (tertiary/aromatic N) is 2. The highest BCUT2D eigenvalue weighted by molar-refractivity contribution is 5.88. The van der Waals surface area contributed by atoms with Crippen LogP contribution in [0.2, 0.25) is 0 Å². The molecule has 1 aliphatic carbocycles. The van der Waals surface area contributed by atoms with Crippen LogP contribution < -0.4 is 4.90 Å². The van der Waals surface area contributed by atoms with Crippen LogP contribution in [0.25, 0.3) is 0 Å². The average Bonchev–Trinajstić information content (AvgIpc) is 3.59. The van der Waals surface area contributed by atoms with Gasteiger partial charge in [-0.15, -0.1) is 0 Å². The number of aliphatic carboxylic acids is 1. The monoisotopic (exact) mass is 450 g/mol. The van der Waals surface area contributed by atoms with Crippen LogP contribution in [0.4, 0.5) is 5.69 Å². The second-order valence-electron chi connectivity index (χ2n) is 8.25. The van der Waals surface area contributed by atoms with Crippen LogP contribution in [-0.2, 0) is 25.5 Å². The van der Waals surface area contributed by atoms with E-state index in [1.807, 2.05) is 36.1 Å². The third-order valence-electron chi connectivity index (χ3n) is 5.75. The number of amides is 1. The van der Waals surface area contributed by atoms with Gasteiger partial charge in [-0.25, -0.2) is 9.59 Å². The number of rotatable bonds is 13. The van der Waals surface area contributed by atoms with Gasteiger partial charge in [-0.1, -0.05) is 25.0 Å². The van der Waals surface area contributed by atoms with Gasteiger partial charge in [0.1, 0.15) is 12.1 Å². The van der Waals surface area contributed by atoms with E-state index in [9.17, 15) is 19.5 Å². The fourth-order valence-corrected chi connectivity index (χ4v) is 3.52. The van der Waals surface area contributed by atoms with E-state index in [2.05, 4.69) is 0 Å². The molecule has 0 heterocycles. The molecular formula is C23H34N2O7. The van der Waals surface area contributed by atoms with Crippen molar-refractivity contribution in [2.75, 3.05) is 31.6 Å². The summed E-state index contributed by atoms with van der Waals surface area (Å²) in [4.78, 5) is 39.6. The highest BCUT2D eigenvalue weighted by atomic mass is 16.6. The number of benzene rings is 1. The number of hydrogen-bond acceptors (Lipinski definition) is 7. The van der Waals surface area contributed by atoms with Crippen LogP contribution in [0.3, 0.4) is 0 Å². The Morgan fingerprint density at radius 2 is 1.81 bits per heavy atom. The Kier molecular flexibility index (Phi) is 9.46. The van der Waals surface area contributed by atoms with Crippen molar-refractivity contribution < 1.29 is 34.4 Å². The van der Waals surface area contributed by atoms with Crippen LogP contribution in [0.1, 0.15) is 38.7 Å². The van der Waals surface area contributed by atoms with Crippen LogP contribution in [-0.4, -0.2) is 83.1 Å². The minimum atomic E-state index is -1.35. The van der Waals surface area contributed by atoms with E-state index in [-0.39, 0.29) is 18.9 Å². The lowest BCUT2D eigenvalue weighted by atomic mass is 10.0. The first kappa shape index (κ1) is 25.6. The van der Waals surface area contributed by atoms with E-state index >= 15 is 0 Å². The summed E-state index contributed by atoms with van der Waals surface area (Å²) >= 11 is 0. The first-order valence-corrected chi connectivity index (χ1v) is 11.0. The number of ether oxygens (including phenoxy) is 1. The molecule has 1 saturated carbocycles. The number of aliphatic hydroxyl groups excluding tert-OH is 2. The number of aliphatic hydroxyl groups is 2. The van der Waals surface area contributed by atoms with Crippen molar-refractivity contribution in [2.24, 2.45) is 5.92 Å². The van der Waals surface area contributed by atoms with Gasteiger partial charge in [0.2, 0.25) is 0 Å². The molecule has 1 aromatic carbocycles. The SMILES string of the molecule is CCN(CCO)c1ccc(C[C@@H](O)C(=O)N(C)[C@@H](CC2CC2)C(=O)O[C@H](C)C(=O)O)cc1. The van der Waals surface area contributed by atoms with Crippen molar-refractivity contribution in [3.8, 4) is 0 Å². The molecule has 1 fully saturated rings. The number of anilines is 1. The van der Waals surface area contributed by atoms with Gasteiger partial charge in [-0.2, -0.15) is 0 Å². The minimum absolute atomic E-state index is 0.0465. The Balaban J connectivity index is 2.03. The second-order valence-corrected chi connectivity index (χ2v) is 8.25. The van der Waals surface area contributed by atoms with E-state index < -0.39 is 36.1 Å². The third-order valence-corrected chi connectivity index (χ3v) is 5.75. The molecule has 1 aliphatic rings. The predicted molar refractivity (Wildman–Crippen MR) is 118 cm³/mol. The Labute approximate surface area is 188 Å². The van der Waals surface area contributed by atoms with Crippen LogP contribution in [0, 0.1) is 5.92 Å². The predicted octanol–water partition coefficient (Wildman–Crippen LogP) is 1.05. The van der Waals surface area contributed by atoms with Gasteiger partial charge in [0.25, 0.3) is 5.91 Å². The molecule has 32 heavy (non-hydrogen) atoms. The fraction of sp³-hybridized carbons (Fsp3) is 0.609. The summed E-state index contributed by atoms with van der Waals surface area (Å²) in [7, 11) is 1.43. The lowest BCUT2D eigenvalue weighted by molar-refractivity contribution is -0.168. The smallest absolute Gasteiger partial charge is 0.344 e. The normalized spacial score (nSPS) is 16.0. The van der Waals surface area contributed by atoms with Gasteiger partial charge >= 0.3 is 11.9 Å². The Morgan fingerprint density at radius 1 is 1.19 bits per heavy atom. The van der Waals surface area contributed by atoms with Crippen molar-refractivity contribution in [3.05, 3.63) is 29.8 Å². The van der Waals surface area contributed by atoms with Crippen molar-refractivity contribution in [2.45, 2.75) is 57.8 Å². The molecular weight excluding hydrogens is 416 g/mol. The summed E-state index contributed by atoms with van der Waals surface area (Å²) in [6.45, 7) is 4.55. The first-order chi connectivity index (χ1) is 15.2. The highest BCUT2D eigenvalue weighted by Gasteiger charge is 2.37. The van der Waals surface area contributed by atoms with E-state index in [0.717, 1.165) is 30.6 Å². The molecule has 0 aliphatic heterocycles. The van der Waals surface area contributed by atoms with Crippen molar-refractivity contribution in [3.63, 3.8) is 0 Å². The molecule has 0 radical (unpaired) electrons. The van der Waals surface area contributed by atoms with Crippen LogP contribution >= 0.6 is 0 Å². The summed E-state index contributed by atoms with van der Waals surface area (Å²) < 4.78 is 5.00. The number of carboxylic acids is 1. The largest absolute Gasteiger partial charge is 0.479 e. The lowest BCUT2D eigenvalue weighted by Crippen LogP contribution is -2.49. The minimum Gasteiger partial charge on any atom is -0.479 e. The molecule has 0 unspecified atom stereocenters. The number of hydrogen-bond donors (Lipinski definition) is 3. The molecule has 9 heteroatoms. The van der Waals surface area contributed by atoms with Gasteiger partial charge in [0.05, 0.1) is 6.61 Å². The lowest BCUT2D eigenvalue weighted by Gasteiger charge is -2.29. The Morgan fingerprint density at radius 3 is 2.31 bits per heavy atom. The van der Waals surface area contributed by atoms with Gasteiger partial charge in [0, 0.05) is 32.2 Å². The van der Waals surface area contributed by atoms with E-state index in [4.69, 9.17) is 14.9 Å². The summed E-state index contributed by atoms with van der Waals surface area (Å²) in [6.07, 6.45) is -0.319. The van der Waals surface area contributed by atoms with Crippen molar-refractivity contribution >= 4 is 23.5 Å². The summed E-state index contributed by atoms with van der Waals surface area (Å²) in [6, 6.07) is 6.43. The molecule has 1 amide bonds. The fourth-order valence-electron chi connectivity index (χ4n) is 3.52. The summed E-state index contributed by atoms with van der Waals surface area (Å²) in [5.41, 5.74) is 1.69. The van der Waals surface area contributed by atoms with E-state index in [1.54, 1.807) is 0 Å². The molecule has 0 bridgehead atoms. The van der Waals surface area contributed by atoms with Gasteiger partial charge in [-0.05, 0) is 43.9 Å². The molecule has 1 aromatic rings. The highest BCUT2D eigenvalue weighted by Crippen LogP contribution is 2.35. The quantitative estimate of drug-likeness (QED) is 0.381. The van der Waals surface area contributed by atoms with E-state index in [0.29, 0.717) is 13.0 Å². The number of carbonyl (C=O) groups is 3. The van der Waals surface area contributed by atoms with Gasteiger partial charge in [-0.3, -0.25) is 4.79 Å². The average molecular weight is 451 g/mol. The number of likely N-dealkylation sites (N-methyl/N-ethyl adjacent to an activating group) is 2.